The van der Waals surface area contributed by atoms with Crippen molar-refractivity contribution in [2.75, 3.05) is 0 Å². The molecule has 0 unspecified atom stereocenters. The Morgan fingerprint density at radius 3 is 1.82 bits per heavy atom. The molecule has 0 N–H and O–H groups in total. The summed E-state index contributed by atoms with van der Waals surface area (Å²) in [5, 5.41) is 4.29. The van der Waals surface area contributed by atoms with E-state index in [-0.39, 0.29) is 5.41 Å². The number of para-hydroxylation sites is 4. The minimum Gasteiger partial charge on any atom is -0.457 e. The third-order valence-electron chi connectivity index (χ3n) is 14.9. The molecule has 0 aliphatic carbocycles. The van der Waals surface area contributed by atoms with Gasteiger partial charge in [0.2, 0.25) is 0 Å². The molecule has 0 saturated heterocycles. The Balaban J connectivity index is 0.908. The van der Waals surface area contributed by atoms with Crippen LogP contribution in [0.15, 0.2) is 260 Å². The Bertz CT molecular complexity index is 4440. The van der Waals surface area contributed by atoms with Crippen LogP contribution >= 0.6 is 0 Å². The fraction of sp³-hybridized carbons (Fsp3) is 0.0571. The molecular weight excluding hydrogens is 929 g/mol. The van der Waals surface area contributed by atoms with Gasteiger partial charge in [0, 0.05) is 45.6 Å². The van der Waals surface area contributed by atoms with E-state index in [0.29, 0.717) is 11.5 Å². The van der Waals surface area contributed by atoms with Crippen LogP contribution in [-0.2, 0) is 5.41 Å². The fourth-order valence-corrected chi connectivity index (χ4v) is 11.2. The van der Waals surface area contributed by atoms with Crippen LogP contribution in [0.4, 0.5) is 0 Å². The highest BCUT2D eigenvalue weighted by Crippen LogP contribution is 2.43. The molecule has 0 amide bonds. The van der Waals surface area contributed by atoms with Crippen LogP contribution in [0.5, 0.6) is 11.5 Å². The van der Waals surface area contributed by atoms with E-state index in [9.17, 15) is 0 Å². The first-order valence-electron chi connectivity index (χ1n) is 25.9. The Kier molecular flexibility index (Phi) is 10.6. The zero-order chi connectivity index (χ0) is 50.9. The minimum absolute atomic E-state index is 0.0687. The van der Waals surface area contributed by atoms with Gasteiger partial charge in [-0.2, -0.15) is 9.13 Å². The van der Waals surface area contributed by atoms with Crippen LogP contribution in [0, 0.1) is 0 Å². The molecule has 0 saturated carbocycles. The molecule has 6 heteroatoms. The van der Waals surface area contributed by atoms with Gasteiger partial charge in [0.05, 0.1) is 16.4 Å². The van der Waals surface area contributed by atoms with Crippen LogP contribution < -0.4 is 9.30 Å². The van der Waals surface area contributed by atoms with Crippen molar-refractivity contribution in [3.05, 3.63) is 261 Å². The number of hydrogen-bond acceptors (Lipinski definition) is 3. The van der Waals surface area contributed by atoms with Crippen molar-refractivity contribution in [1.82, 2.24) is 14.1 Å². The van der Waals surface area contributed by atoms with Gasteiger partial charge in [0.1, 0.15) is 39.9 Å². The van der Waals surface area contributed by atoms with Gasteiger partial charge in [-0.15, -0.1) is 0 Å². The van der Waals surface area contributed by atoms with Crippen molar-refractivity contribution >= 4 is 54.8 Å². The fourth-order valence-electron chi connectivity index (χ4n) is 11.2. The molecule has 6 nitrogen and oxygen atoms in total. The molecule has 76 heavy (non-hydrogen) atoms. The first-order valence-corrected chi connectivity index (χ1v) is 25.9. The lowest BCUT2D eigenvalue weighted by Gasteiger charge is -2.20. The van der Waals surface area contributed by atoms with Gasteiger partial charge in [-0.25, -0.2) is 4.98 Å². The SMILES string of the molecule is CC(C)(C)c1ccnc(-n2c3cc(Oc4cccc(-n5c[n+](-c6c(-c7cccc(-c8ccccc8)c7)cccc6-c6cccc(-c7ccccc7)c6)c6ccccc65)c4)ccc3c3c4oc5ccccc5c4ccc32)c1. The van der Waals surface area contributed by atoms with Gasteiger partial charge in [0.25, 0.3) is 6.33 Å². The topological polar surface area (TPSA) is 49.0 Å². The third kappa shape index (κ3) is 7.73. The van der Waals surface area contributed by atoms with Crippen LogP contribution in [0.3, 0.4) is 0 Å². The van der Waals surface area contributed by atoms with Gasteiger partial charge in [-0.05, 0) is 123 Å². The van der Waals surface area contributed by atoms with E-state index in [1.165, 1.54) is 27.8 Å². The first kappa shape index (κ1) is 44.9. The number of fused-ring (bicyclic) bond motifs is 8. The molecule has 14 aromatic rings. The average Bonchev–Trinajstić information content (AvgIpc) is 4.22. The number of pyridine rings is 1. The summed E-state index contributed by atoms with van der Waals surface area (Å²) in [5.41, 5.74) is 18.3. The van der Waals surface area contributed by atoms with E-state index in [1.54, 1.807) is 0 Å². The van der Waals surface area contributed by atoms with Crippen molar-refractivity contribution < 1.29 is 13.7 Å². The summed E-state index contributed by atoms with van der Waals surface area (Å²) in [6, 6.07) is 86.1. The molecule has 0 bridgehead atoms. The lowest BCUT2D eigenvalue weighted by molar-refractivity contribution is -0.566. The van der Waals surface area contributed by atoms with Crippen molar-refractivity contribution in [2.45, 2.75) is 26.2 Å². The van der Waals surface area contributed by atoms with E-state index in [1.807, 2.05) is 24.4 Å². The second kappa shape index (κ2) is 18.0. The van der Waals surface area contributed by atoms with Gasteiger partial charge < -0.3 is 9.15 Å². The first-order chi connectivity index (χ1) is 37.3. The standard InChI is InChI=1S/C70H51N4O2/c1-70(2,3)52-38-39-71-66(42-52)74-63-37-36-59-58-28-10-13-33-65(58)76-69(59)67(63)60-35-34-55(44-64(60)74)75-54-27-16-26-53(43-54)72-45-73(62-32-12-11-31-61(62)72)68-56(50-24-14-22-48(40-50)46-18-6-4-7-19-46)29-17-30-57(68)51-25-15-23-49(41-51)47-20-8-5-9-21-47/h4-45H,1-3H3/q+1. The molecule has 4 heterocycles. The maximum Gasteiger partial charge on any atom is 0.255 e. The minimum atomic E-state index is -0.0687. The zero-order valence-corrected chi connectivity index (χ0v) is 42.4. The van der Waals surface area contributed by atoms with Crippen molar-refractivity contribution in [1.29, 1.82) is 0 Å². The molecule has 0 aliphatic heterocycles. The monoisotopic (exact) mass is 979 g/mol. The van der Waals surface area contributed by atoms with Crippen molar-refractivity contribution in [3.8, 4) is 73.2 Å². The van der Waals surface area contributed by atoms with Crippen LogP contribution in [0.2, 0.25) is 0 Å². The lowest BCUT2D eigenvalue weighted by atomic mass is 9.88. The predicted octanol–water partition coefficient (Wildman–Crippen LogP) is 18.1. The molecule has 362 valence electrons. The molecule has 0 radical (unpaired) electrons. The summed E-state index contributed by atoms with van der Waals surface area (Å²) in [6.07, 6.45) is 4.15. The normalized spacial score (nSPS) is 11.9. The Hall–Kier alpha value is -9.78. The highest BCUT2D eigenvalue weighted by Gasteiger charge is 2.27. The lowest BCUT2D eigenvalue weighted by Crippen LogP contribution is -2.30. The summed E-state index contributed by atoms with van der Waals surface area (Å²) in [4.78, 5) is 4.99. The van der Waals surface area contributed by atoms with Crippen molar-refractivity contribution in [3.63, 3.8) is 0 Å². The molecule has 14 rings (SSSR count). The van der Waals surface area contributed by atoms with Crippen LogP contribution in [0.25, 0.3) is 116 Å². The van der Waals surface area contributed by atoms with E-state index >= 15 is 0 Å². The molecule has 0 aliphatic rings. The van der Waals surface area contributed by atoms with Crippen molar-refractivity contribution in [2.24, 2.45) is 0 Å². The highest BCUT2D eigenvalue weighted by molar-refractivity contribution is 6.24. The maximum absolute atomic E-state index is 6.92. The summed E-state index contributed by atoms with van der Waals surface area (Å²) in [7, 11) is 0. The molecule has 0 spiro atoms. The van der Waals surface area contributed by atoms with E-state index in [4.69, 9.17) is 14.1 Å². The smallest absolute Gasteiger partial charge is 0.255 e. The number of rotatable bonds is 9. The molecule has 0 atom stereocenters. The molecule has 10 aromatic carbocycles. The molecule has 0 fully saturated rings. The van der Waals surface area contributed by atoms with Gasteiger partial charge in [-0.1, -0.05) is 172 Å². The number of nitrogens with zero attached hydrogens (tertiary/aromatic N) is 4. The van der Waals surface area contributed by atoms with E-state index < -0.39 is 0 Å². The van der Waals surface area contributed by atoms with Crippen LogP contribution in [0.1, 0.15) is 26.3 Å². The summed E-state index contributed by atoms with van der Waals surface area (Å²) in [5.74, 6) is 2.27. The second-order valence-electron chi connectivity index (χ2n) is 20.6. The molecule has 4 aromatic heterocycles. The number of hydrogen-bond donors (Lipinski definition) is 0. The number of aromatic nitrogens is 4. The van der Waals surface area contributed by atoms with Gasteiger partial charge in [0.15, 0.2) is 11.0 Å². The average molecular weight is 980 g/mol. The number of benzene rings is 10. The summed E-state index contributed by atoms with van der Waals surface area (Å²) < 4.78 is 20.5. The maximum atomic E-state index is 6.92. The van der Waals surface area contributed by atoms with E-state index in [0.717, 1.165) is 94.2 Å². The summed E-state index contributed by atoms with van der Waals surface area (Å²) >= 11 is 0. The Labute approximate surface area is 440 Å². The summed E-state index contributed by atoms with van der Waals surface area (Å²) in [6.45, 7) is 6.71. The largest absolute Gasteiger partial charge is 0.457 e. The number of furan rings is 1. The molecular formula is C70H51N4O2+. The number of imidazole rings is 1. The highest BCUT2D eigenvalue weighted by atomic mass is 16.5. The number of ether oxygens (including phenoxy) is 1. The Morgan fingerprint density at radius 2 is 1.08 bits per heavy atom. The third-order valence-corrected chi connectivity index (χ3v) is 14.9. The van der Waals surface area contributed by atoms with Gasteiger partial charge in [-0.3, -0.25) is 4.57 Å². The van der Waals surface area contributed by atoms with Crippen LogP contribution in [-0.4, -0.2) is 14.1 Å². The quantitative estimate of drug-likeness (QED) is 0.135. The zero-order valence-electron chi connectivity index (χ0n) is 42.4. The Morgan fingerprint density at radius 1 is 0.461 bits per heavy atom. The van der Waals surface area contributed by atoms with E-state index in [2.05, 4.69) is 265 Å². The predicted molar refractivity (Wildman–Crippen MR) is 311 cm³/mol. The second-order valence-corrected chi connectivity index (χ2v) is 20.6. The van der Waals surface area contributed by atoms with Gasteiger partial charge >= 0.3 is 0 Å².